The van der Waals surface area contributed by atoms with Gasteiger partial charge in [0.2, 0.25) is 0 Å². The zero-order valence-electron chi connectivity index (χ0n) is 14.2. The number of hydrogen-bond donors (Lipinski definition) is 2. The van der Waals surface area contributed by atoms with Crippen molar-refractivity contribution in [3.63, 3.8) is 0 Å². The van der Waals surface area contributed by atoms with Crippen LogP contribution in [0, 0.1) is 0 Å². The quantitative estimate of drug-likeness (QED) is 0.735. The summed E-state index contributed by atoms with van der Waals surface area (Å²) in [4.78, 5) is 25.0. The van der Waals surface area contributed by atoms with Crippen molar-refractivity contribution in [2.75, 3.05) is 19.0 Å². The van der Waals surface area contributed by atoms with Crippen LogP contribution in [0.25, 0.3) is 0 Å². The Kier molecular flexibility index (Phi) is 7.16. The highest BCUT2D eigenvalue weighted by atomic mass is 79.9. The van der Waals surface area contributed by atoms with E-state index in [0.717, 1.165) is 0 Å². The summed E-state index contributed by atoms with van der Waals surface area (Å²) in [7, 11) is 1.63. The molecule has 132 valence electrons. The Bertz CT molecular complexity index is 749. The van der Waals surface area contributed by atoms with Crippen LogP contribution in [0.5, 0.6) is 0 Å². The van der Waals surface area contributed by atoms with Gasteiger partial charge in [0.25, 0.3) is 11.8 Å². The second-order valence-corrected chi connectivity index (χ2v) is 6.49. The summed E-state index contributed by atoms with van der Waals surface area (Å²) in [6.07, 6.45) is 0.716. The molecule has 2 aromatic rings. The van der Waals surface area contributed by atoms with Gasteiger partial charge in [-0.1, -0.05) is 24.3 Å². The number of rotatable bonds is 7. The van der Waals surface area contributed by atoms with Gasteiger partial charge in [-0.3, -0.25) is 9.59 Å². The number of para-hydroxylation sites is 1. The van der Waals surface area contributed by atoms with Crippen LogP contribution < -0.4 is 10.6 Å². The van der Waals surface area contributed by atoms with Crippen LogP contribution in [0.15, 0.2) is 53.0 Å². The molecule has 0 aromatic heterocycles. The van der Waals surface area contributed by atoms with E-state index in [0.29, 0.717) is 34.3 Å². The van der Waals surface area contributed by atoms with Crippen molar-refractivity contribution in [3.8, 4) is 0 Å². The van der Waals surface area contributed by atoms with Crippen molar-refractivity contribution in [3.05, 3.63) is 64.1 Å². The Balaban J connectivity index is 2.14. The van der Waals surface area contributed by atoms with Gasteiger partial charge in [0.1, 0.15) is 0 Å². The highest BCUT2D eigenvalue weighted by molar-refractivity contribution is 9.10. The van der Waals surface area contributed by atoms with E-state index in [1.54, 1.807) is 49.6 Å². The van der Waals surface area contributed by atoms with Crippen LogP contribution in [0.3, 0.4) is 0 Å². The second kappa shape index (κ2) is 9.34. The summed E-state index contributed by atoms with van der Waals surface area (Å²) in [5, 5.41) is 5.73. The molecule has 25 heavy (non-hydrogen) atoms. The Hall–Kier alpha value is -2.18. The maximum absolute atomic E-state index is 12.5. The first-order chi connectivity index (χ1) is 12.0. The van der Waals surface area contributed by atoms with E-state index in [9.17, 15) is 9.59 Å². The molecule has 0 aliphatic rings. The normalized spacial score (nSPS) is 11.6. The zero-order chi connectivity index (χ0) is 18.2. The molecular weight excluding hydrogens is 384 g/mol. The molecule has 2 aromatic carbocycles. The van der Waals surface area contributed by atoms with Gasteiger partial charge < -0.3 is 15.4 Å². The molecule has 2 amide bonds. The van der Waals surface area contributed by atoms with Crippen LogP contribution in [-0.2, 0) is 4.74 Å². The molecule has 0 heterocycles. The van der Waals surface area contributed by atoms with Crippen molar-refractivity contribution in [1.82, 2.24) is 5.32 Å². The minimum absolute atomic E-state index is 0.0283. The molecule has 0 fully saturated rings. The first kappa shape index (κ1) is 19.1. The van der Waals surface area contributed by atoms with Gasteiger partial charge in [-0.15, -0.1) is 0 Å². The smallest absolute Gasteiger partial charge is 0.256 e. The van der Waals surface area contributed by atoms with Crippen LogP contribution in [0.2, 0.25) is 0 Å². The van der Waals surface area contributed by atoms with Crippen molar-refractivity contribution >= 4 is 33.4 Å². The van der Waals surface area contributed by atoms with Crippen molar-refractivity contribution in [1.29, 1.82) is 0 Å². The van der Waals surface area contributed by atoms with Crippen LogP contribution in [0.1, 0.15) is 34.1 Å². The third-order valence-electron chi connectivity index (χ3n) is 3.67. The lowest BCUT2D eigenvalue weighted by Gasteiger charge is -2.16. The molecule has 0 aliphatic carbocycles. The molecule has 2 rings (SSSR count). The molecule has 0 bridgehead atoms. The van der Waals surface area contributed by atoms with Gasteiger partial charge in [-0.2, -0.15) is 0 Å². The van der Waals surface area contributed by atoms with E-state index >= 15 is 0 Å². The second-order valence-electron chi connectivity index (χ2n) is 5.64. The van der Waals surface area contributed by atoms with Gasteiger partial charge in [-0.25, -0.2) is 0 Å². The summed E-state index contributed by atoms with van der Waals surface area (Å²) in [6, 6.07) is 14.1. The summed E-state index contributed by atoms with van der Waals surface area (Å²) >= 11 is 3.36. The summed E-state index contributed by atoms with van der Waals surface area (Å²) in [6.45, 7) is 2.49. The number of carbonyl (C=O) groups excluding carboxylic acids is 2. The number of halogens is 1. The van der Waals surface area contributed by atoms with E-state index in [1.165, 1.54) is 0 Å². The zero-order valence-corrected chi connectivity index (χ0v) is 15.8. The van der Waals surface area contributed by atoms with Crippen LogP contribution in [-0.4, -0.2) is 31.6 Å². The molecular formula is C19H21BrN2O3. The first-order valence-corrected chi connectivity index (χ1v) is 8.77. The number of amides is 2. The number of ether oxygens (including phenoxy) is 1. The van der Waals surface area contributed by atoms with Crippen molar-refractivity contribution in [2.45, 2.75) is 19.4 Å². The summed E-state index contributed by atoms with van der Waals surface area (Å²) in [5.41, 5.74) is 1.40. The first-order valence-electron chi connectivity index (χ1n) is 7.97. The standard InChI is InChI=1S/C19H21BrN2O3/c1-13(11-12-25-2)21-19(24)15-8-4-6-10-17(15)22-18(23)14-7-3-5-9-16(14)20/h3-10,13H,11-12H2,1-2H3,(H,21,24)(H,22,23). The number of benzene rings is 2. The van der Waals surface area contributed by atoms with Crippen LogP contribution in [0.4, 0.5) is 5.69 Å². The Morgan fingerprint density at radius 2 is 1.68 bits per heavy atom. The SMILES string of the molecule is COCCC(C)NC(=O)c1ccccc1NC(=O)c1ccccc1Br. The molecule has 0 spiro atoms. The Labute approximate surface area is 155 Å². The molecule has 5 nitrogen and oxygen atoms in total. The maximum atomic E-state index is 12.5. The topological polar surface area (TPSA) is 67.4 Å². The molecule has 6 heteroatoms. The monoisotopic (exact) mass is 404 g/mol. The molecule has 0 saturated heterocycles. The lowest BCUT2D eigenvalue weighted by Crippen LogP contribution is -2.34. The fourth-order valence-electron chi connectivity index (χ4n) is 2.29. The summed E-state index contributed by atoms with van der Waals surface area (Å²) < 4.78 is 5.72. The fraction of sp³-hybridized carbons (Fsp3) is 0.263. The lowest BCUT2D eigenvalue weighted by atomic mass is 10.1. The van der Waals surface area contributed by atoms with E-state index in [2.05, 4.69) is 26.6 Å². The van der Waals surface area contributed by atoms with Gasteiger partial charge in [0.05, 0.1) is 16.8 Å². The molecule has 0 radical (unpaired) electrons. The number of methoxy groups -OCH3 is 1. The highest BCUT2D eigenvalue weighted by Crippen LogP contribution is 2.20. The molecule has 0 aliphatic heterocycles. The number of anilines is 1. The van der Waals surface area contributed by atoms with Gasteiger partial charge in [-0.05, 0) is 53.5 Å². The van der Waals surface area contributed by atoms with E-state index in [4.69, 9.17) is 4.74 Å². The third kappa shape index (κ3) is 5.41. The number of hydrogen-bond acceptors (Lipinski definition) is 3. The van der Waals surface area contributed by atoms with E-state index in [1.807, 2.05) is 13.0 Å². The Morgan fingerprint density at radius 3 is 2.36 bits per heavy atom. The highest BCUT2D eigenvalue weighted by Gasteiger charge is 2.16. The molecule has 1 atom stereocenters. The fourth-order valence-corrected chi connectivity index (χ4v) is 2.76. The Morgan fingerprint density at radius 1 is 1.04 bits per heavy atom. The average Bonchev–Trinajstić information content (AvgIpc) is 2.60. The third-order valence-corrected chi connectivity index (χ3v) is 4.36. The van der Waals surface area contributed by atoms with Gasteiger partial charge in [0, 0.05) is 24.2 Å². The van der Waals surface area contributed by atoms with Gasteiger partial charge >= 0.3 is 0 Å². The van der Waals surface area contributed by atoms with Crippen molar-refractivity contribution < 1.29 is 14.3 Å². The minimum Gasteiger partial charge on any atom is -0.385 e. The number of carbonyl (C=O) groups is 2. The molecule has 2 N–H and O–H groups in total. The average molecular weight is 405 g/mol. The molecule has 1 unspecified atom stereocenters. The predicted molar refractivity (Wildman–Crippen MR) is 102 cm³/mol. The van der Waals surface area contributed by atoms with Crippen molar-refractivity contribution in [2.24, 2.45) is 0 Å². The van der Waals surface area contributed by atoms with Gasteiger partial charge in [0.15, 0.2) is 0 Å². The number of nitrogens with one attached hydrogen (secondary N) is 2. The summed E-state index contributed by atoms with van der Waals surface area (Å²) in [5.74, 6) is -0.508. The molecule has 0 saturated carbocycles. The predicted octanol–water partition coefficient (Wildman–Crippen LogP) is 3.86. The minimum atomic E-state index is -0.278. The van der Waals surface area contributed by atoms with E-state index in [-0.39, 0.29) is 17.9 Å². The lowest BCUT2D eigenvalue weighted by molar-refractivity contribution is 0.0930. The van der Waals surface area contributed by atoms with E-state index < -0.39 is 0 Å². The maximum Gasteiger partial charge on any atom is 0.256 e. The largest absolute Gasteiger partial charge is 0.385 e. The van der Waals surface area contributed by atoms with Crippen LogP contribution >= 0.6 is 15.9 Å².